The second kappa shape index (κ2) is 6.00. The fraction of sp³-hybridized carbons (Fsp3) is 0.833. The van der Waals surface area contributed by atoms with E-state index in [1.165, 1.54) is 0 Å². The maximum absolute atomic E-state index is 12.1. The lowest BCUT2D eigenvalue weighted by Gasteiger charge is -2.30. The number of nitrogens with one attached hydrogen (secondary N) is 1. The molecule has 0 aromatic rings. The van der Waals surface area contributed by atoms with Gasteiger partial charge in [0, 0.05) is 6.54 Å². The molecule has 0 aliphatic heterocycles. The molecule has 0 amide bonds. The standard InChI is InChI=1S/C12H23NO4/c1-6-7-12(8-13-5,9(14)15)10(16)17-11(2,3)4/h13H,6-8H2,1-5H3,(H,14,15)/t12-/m0/s1. The molecule has 0 aliphatic rings. The van der Waals surface area contributed by atoms with E-state index in [1.54, 1.807) is 27.8 Å². The molecule has 5 heteroatoms. The van der Waals surface area contributed by atoms with E-state index in [4.69, 9.17) is 4.74 Å². The van der Waals surface area contributed by atoms with E-state index in [1.807, 2.05) is 6.92 Å². The van der Waals surface area contributed by atoms with E-state index in [-0.39, 0.29) is 13.0 Å². The summed E-state index contributed by atoms with van der Waals surface area (Å²) in [4.78, 5) is 23.4. The van der Waals surface area contributed by atoms with E-state index < -0.39 is 23.0 Å². The van der Waals surface area contributed by atoms with Crippen LogP contribution in [0.15, 0.2) is 0 Å². The normalized spacial score (nSPS) is 15.1. The van der Waals surface area contributed by atoms with Gasteiger partial charge < -0.3 is 15.2 Å². The van der Waals surface area contributed by atoms with Crippen molar-refractivity contribution in [2.45, 2.75) is 46.1 Å². The van der Waals surface area contributed by atoms with Crippen LogP contribution in [0.5, 0.6) is 0 Å². The summed E-state index contributed by atoms with van der Waals surface area (Å²) >= 11 is 0. The number of carboxylic acids is 1. The van der Waals surface area contributed by atoms with Crippen molar-refractivity contribution in [2.75, 3.05) is 13.6 Å². The van der Waals surface area contributed by atoms with Gasteiger partial charge in [-0.1, -0.05) is 13.3 Å². The topological polar surface area (TPSA) is 75.6 Å². The van der Waals surface area contributed by atoms with Crippen LogP contribution in [0.2, 0.25) is 0 Å². The maximum Gasteiger partial charge on any atom is 0.325 e. The van der Waals surface area contributed by atoms with Gasteiger partial charge >= 0.3 is 11.9 Å². The average Bonchev–Trinajstić information content (AvgIpc) is 2.13. The van der Waals surface area contributed by atoms with Crippen molar-refractivity contribution < 1.29 is 19.4 Å². The Morgan fingerprint density at radius 2 is 1.82 bits per heavy atom. The van der Waals surface area contributed by atoms with Gasteiger partial charge in [0.2, 0.25) is 0 Å². The highest BCUT2D eigenvalue weighted by Crippen LogP contribution is 2.28. The van der Waals surface area contributed by atoms with Crippen molar-refractivity contribution in [3.63, 3.8) is 0 Å². The summed E-state index contributed by atoms with van der Waals surface area (Å²) in [6, 6.07) is 0. The van der Waals surface area contributed by atoms with Crippen LogP contribution in [-0.2, 0) is 14.3 Å². The van der Waals surface area contributed by atoms with Crippen molar-refractivity contribution >= 4 is 11.9 Å². The quantitative estimate of drug-likeness (QED) is 0.546. The van der Waals surface area contributed by atoms with E-state index in [2.05, 4.69) is 5.32 Å². The highest BCUT2D eigenvalue weighted by atomic mass is 16.6. The highest BCUT2D eigenvalue weighted by molar-refractivity contribution is 5.99. The molecule has 0 spiro atoms. The zero-order valence-electron chi connectivity index (χ0n) is 11.3. The Hall–Kier alpha value is -1.10. The maximum atomic E-state index is 12.1. The lowest BCUT2D eigenvalue weighted by Crippen LogP contribution is -2.49. The Morgan fingerprint density at radius 1 is 1.29 bits per heavy atom. The van der Waals surface area contributed by atoms with Crippen LogP contribution in [-0.4, -0.2) is 36.2 Å². The molecule has 100 valence electrons. The van der Waals surface area contributed by atoms with Gasteiger partial charge in [-0.2, -0.15) is 0 Å². The number of hydrogen-bond donors (Lipinski definition) is 2. The Kier molecular flexibility index (Phi) is 5.61. The average molecular weight is 245 g/mol. The van der Waals surface area contributed by atoms with Gasteiger partial charge in [-0.25, -0.2) is 0 Å². The molecular weight excluding hydrogens is 222 g/mol. The number of esters is 1. The highest BCUT2D eigenvalue weighted by Gasteiger charge is 2.47. The van der Waals surface area contributed by atoms with E-state index in [0.717, 1.165) is 0 Å². The SMILES string of the molecule is CCC[C@](CNC)(C(=O)O)C(=O)OC(C)(C)C. The summed E-state index contributed by atoms with van der Waals surface area (Å²) in [5.41, 5.74) is -2.17. The molecule has 0 heterocycles. The predicted octanol–water partition coefficient (Wildman–Crippen LogP) is 1.42. The van der Waals surface area contributed by atoms with E-state index in [0.29, 0.717) is 6.42 Å². The van der Waals surface area contributed by atoms with Gasteiger partial charge in [-0.05, 0) is 34.2 Å². The first kappa shape index (κ1) is 15.9. The summed E-state index contributed by atoms with van der Waals surface area (Å²) < 4.78 is 5.21. The number of rotatable bonds is 6. The van der Waals surface area contributed by atoms with Crippen LogP contribution in [0.4, 0.5) is 0 Å². The smallest absolute Gasteiger partial charge is 0.325 e. The molecule has 0 radical (unpaired) electrons. The van der Waals surface area contributed by atoms with E-state index >= 15 is 0 Å². The van der Waals surface area contributed by atoms with Gasteiger partial charge in [0.15, 0.2) is 5.41 Å². The first-order valence-electron chi connectivity index (χ1n) is 5.81. The zero-order valence-corrected chi connectivity index (χ0v) is 11.3. The Balaban J connectivity index is 5.13. The molecule has 0 fully saturated rings. The van der Waals surface area contributed by atoms with Crippen LogP contribution in [0.3, 0.4) is 0 Å². The summed E-state index contributed by atoms with van der Waals surface area (Å²) in [6.07, 6.45) is 0.866. The summed E-state index contributed by atoms with van der Waals surface area (Å²) in [7, 11) is 1.62. The minimum Gasteiger partial charge on any atom is -0.480 e. The molecule has 5 nitrogen and oxygen atoms in total. The predicted molar refractivity (Wildman–Crippen MR) is 64.7 cm³/mol. The van der Waals surface area contributed by atoms with E-state index in [9.17, 15) is 14.7 Å². The molecule has 0 saturated heterocycles. The second-order valence-corrected chi connectivity index (χ2v) is 5.17. The van der Waals surface area contributed by atoms with Gasteiger partial charge in [0.1, 0.15) is 5.60 Å². The Bertz CT molecular complexity index is 275. The lowest BCUT2D eigenvalue weighted by atomic mass is 9.83. The monoisotopic (exact) mass is 245 g/mol. The lowest BCUT2D eigenvalue weighted by molar-refractivity contribution is -0.177. The van der Waals surface area contributed by atoms with Crippen LogP contribution in [0, 0.1) is 5.41 Å². The molecule has 0 bridgehead atoms. The third kappa shape index (κ3) is 4.34. The van der Waals surface area contributed by atoms with Crippen molar-refractivity contribution in [1.29, 1.82) is 0 Å². The molecule has 0 aliphatic carbocycles. The zero-order chi connectivity index (χ0) is 13.7. The minimum atomic E-state index is -1.49. The number of carbonyl (C=O) groups excluding carboxylic acids is 1. The van der Waals surface area contributed by atoms with Crippen LogP contribution < -0.4 is 5.32 Å². The number of hydrogen-bond acceptors (Lipinski definition) is 4. The Morgan fingerprint density at radius 3 is 2.12 bits per heavy atom. The van der Waals surface area contributed by atoms with Crippen LogP contribution in [0.1, 0.15) is 40.5 Å². The first-order valence-corrected chi connectivity index (χ1v) is 5.81. The van der Waals surface area contributed by atoms with Crippen LogP contribution in [0.25, 0.3) is 0 Å². The number of aliphatic carboxylic acids is 1. The fourth-order valence-corrected chi connectivity index (χ4v) is 1.64. The van der Waals surface area contributed by atoms with Gasteiger partial charge in [0.25, 0.3) is 0 Å². The van der Waals surface area contributed by atoms with Crippen molar-refractivity contribution in [1.82, 2.24) is 5.32 Å². The molecule has 1 atom stereocenters. The third-order valence-corrected chi connectivity index (χ3v) is 2.35. The number of carboxylic acid groups (broad SMARTS) is 1. The Labute approximate surface area is 103 Å². The molecule has 0 aromatic carbocycles. The summed E-state index contributed by atoms with van der Waals surface area (Å²) in [5.74, 6) is -1.81. The molecule has 0 saturated carbocycles. The van der Waals surface area contributed by atoms with Gasteiger partial charge in [0.05, 0.1) is 0 Å². The molecule has 17 heavy (non-hydrogen) atoms. The minimum absolute atomic E-state index is 0.0745. The van der Waals surface area contributed by atoms with Gasteiger partial charge in [-0.3, -0.25) is 9.59 Å². The molecule has 0 rings (SSSR count). The van der Waals surface area contributed by atoms with Crippen molar-refractivity contribution in [3.8, 4) is 0 Å². The first-order chi connectivity index (χ1) is 7.69. The largest absolute Gasteiger partial charge is 0.480 e. The number of ether oxygens (including phenoxy) is 1. The number of carbonyl (C=O) groups is 2. The molecule has 0 unspecified atom stereocenters. The van der Waals surface area contributed by atoms with Crippen molar-refractivity contribution in [3.05, 3.63) is 0 Å². The summed E-state index contributed by atoms with van der Waals surface area (Å²) in [5, 5.41) is 12.1. The van der Waals surface area contributed by atoms with Crippen molar-refractivity contribution in [2.24, 2.45) is 5.41 Å². The van der Waals surface area contributed by atoms with Gasteiger partial charge in [-0.15, -0.1) is 0 Å². The summed E-state index contributed by atoms with van der Waals surface area (Å²) in [6.45, 7) is 7.09. The fourth-order valence-electron chi connectivity index (χ4n) is 1.64. The third-order valence-electron chi connectivity index (χ3n) is 2.35. The molecule has 0 aromatic heterocycles. The molecule has 2 N–H and O–H groups in total. The second-order valence-electron chi connectivity index (χ2n) is 5.17. The van der Waals surface area contributed by atoms with Crippen LogP contribution >= 0.6 is 0 Å². The molecular formula is C12H23NO4.